The zero-order valence-corrected chi connectivity index (χ0v) is 9.97. The van der Waals surface area contributed by atoms with E-state index in [1.807, 2.05) is 0 Å². The molecule has 1 aliphatic heterocycles. The Hall–Kier alpha value is -0.190. The first-order valence-corrected chi connectivity index (χ1v) is 6.33. The molecule has 0 aromatic carbocycles. The monoisotopic (exact) mass is 228 g/mol. The highest BCUT2D eigenvalue weighted by atomic mass is 32.1. The molecule has 0 aromatic rings. The van der Waals surface area contributed by atoms with Crippen LogP contribution in [0.5, 0.6) is 0 Å². The molecule has 1 saturated heterocycles. The van der Waals surface area contributed by atoms with Gasteiger partial charge in [0.25, 0.3) is 0 Å². The van der Waals surface area contributed by atoms with E-state index in [2.05, 4.69) is 4.90 Å². The molecule has 2 fully saturated rings. The van der Waals surface area contributed by atoms with Gasteiger partial charge in [-0.15, -0.1) is 0 Å². The van der Waals surface area contributed by atoms with E-state index in [1.54, 1.807) is 0 Å². The quantitative estimate of drug-likeness (QED) is 0.723. The Bertz CT molecular complexity index is 229. The fourth-order valence-corrected chi connectivity index (χ4v) is 2.76. The number of hydrogen-bond donors (Lipinski definition) is 1. The predicted octanol–water partition coefficient (Wildman–Crippen LogP) is 1.31. The minimum atomic E-state index is -0.0179. The van der Waals surface area contributed by atoms with Gasteiger partial charge in [0.2, 0.25) is 0 Å². The summed E-state index contributed by atoms with van der Waals surface area (Å²) >= 11 is 5.00. The summed E-state index contributed by atoms with van der Waals surface area (Å²) in [7, 11) is 0. The third-order valence-electron chi connectivity index (χ3n) is 3.51. The van der Waals surface area contributed by atoms with Gasteiger partial charge in [-0.1, -0.05) is 31.5 Å². The summed E-state index contributed by atoms with van der Waals surface area (Å²) in [6.45, 7) is 2.72. The van der Waals surface area contributed by atoms with Gasteiger partial charge >= 0.3 is 0 Å². The number of thiocarbonyl (C=S) groups is 1. The molecule has 1 aliphatic carbocycles. The molecule has 0 aromatic heterocycles. The fourth-order valence-electron chi connectivity index (χ4n) is 2.62. The number of rotatable bonds is 2. The maximum atomic E-state index is 5.64. The zero-order chi connectivity index (χ0) is 10.7. The van der Waals surface area contributed by atoms with Gasteiger partial charge in [0, 0.05) is 19.1 Å². The highest BCUT2D eigenvalue weighted by molar-refractivity contribution is 7.80. The summed E-state index contributed by atoms with van der Waals surface area (Å²) in [4.78, 5) is 3.03. The second-order valence-corrected chi connectivity index (χ2v) is 5.02. The Kier molecular flexibility index (Phi) is 3.94. The molecule has 0 radical (unpaired) electrons. The molecule has 2 rings (SSSR count). The number of hydrogen-bond acceptors (Lipinski definition) is 3. The maximum absolute atomic E-state index is 5.64. The average Bonchev–Trinajstić information content (AvgIpc) is 2.30. The summed E-state index contributed by atoms with van der Waals surface area (Å²) in [5.74, 6) is 0. The van der Waals surface area contributed by atoms with Gasteiger partial charge in [0.15, 0.2) is 0 Å². The van der Waals surface area contributed by atoms with Gasteiger partial charge in [-0.05, 0) is 12.8 Å². The minimum Gasteiger partial charge on any atom is -0.391 e. The largest absolute Gasteiger partial charge is 0.391 e. The van der Waals surface area contributed by atoms with Crippen LogP contribution < -0.4 is 5.73 Å². The van der Waals surface area contributed by atoms with Crippen molar-refractivity contribution in [3.8, 4) is 0 Å². The molecule has 2 aliphatic rings. The molecular formula is C11H20N2OS. The van der Waals surface area contributed by atoms with Gasteiger partial charge in [0.1, 0.15) is 11.1 Å². The lowest BCUT2D eigenvalue weighted by Gasteiger charge is -2.39. The van der Waals surface area contributed by atoms with Crippen LogP contribution in [0, 0.1) is 0 Å². The van der Waals surface area contributed by atoms with E-state index < -0.39 is 0 Å². The van der Waals surface area contributed by atoms with Crippen molar-refractivity contribution < 1.29 is 4.74 Å². The van der Waals surface area contributed by atoms with Crippen molar-refractivity contribution in [1.29, 1.82) is 0 Å². The number of ether oxygens (including phenoxy) is 1. The maximum Gasteiger partial charge on any atom is 0.120 e. The van der Waals surface area contributed by atoms with Crippen molar-refractivity contribution in [3.63, 3.8) is 0 Å². The lowest BCUT2D eigenvalue weighted by atomic mass is 9.93. The first kappa shape index (κ1) is 11.3. The Morgan fingerprint density at radius 2 is 2.00 bits per heavy atom. The van der Waals surface area contributed by atoms with E-state index in [9.17, 15) is 0 Å². The van der Waals surface area contributed by atoms with Crippen molar-refractivity contribution in [1.82, 2.24) is 4.90 Å². The van der Waals surface area contributed by atoms with E-state index in [4.69, 9.17) is 22.7 Å². The highest BCUT2D eigenvalue weighted by Crippen LogP contribution is 2.24. The van der Waals surface area contributed by atoms with Crippen molar-refractivity contribution >= 4 is 17.2 Å². The first-order valence-electron chi connectivity index (χ1n) is 5.92. The van der Waals surface area contributed by atoms with E-state index in [1.165, 1.54) is 32.1 Å². The molecule has 1 unspecified atom stereocenters. The van der Waals surface area contributed by atoms with Crippen LogP contribution in [0.25, 0.3) is 0 Å². The molecule has 15 heavy (non-hydrogen) atoms. The number of nitrogens with two attached hydrogens (primary N) is 1. The van der Waals surface area contributed by atoms with E-state index in [0.717, 1.165) is 25.7 Å². The summed E-state index contributed by atoms with van der Waals surface area (Å²) in [6.07, 6.45) is 6.81. The minimum absolute atomic E-state index is 0.0179. The fraction of sp³-hybridized carbons (Fsp3) is 0.909. The predicted molar refractivity (Wildman–Crippen MR) is 65.0 cm³/mol. The van der Waals surface area contributed by atoms with Crippen LogP contribution in [0.4, 0.5) is 0 Å². The summed E-state index contributed by atoms with van der Waals surface area (Å²) in [6, 6.07) is 0.750. The zero-order valence-electron chi connectivity index (χ0n) is 9.15. The number of morpholine rings is 1. The van der Waals surface area contributed by atoms with Crippen LogP contribution in [-0.2, 0) is 4.74 Å². The Morgan fingerprint density at radius 1 is 1.27 bits per heavy atom. The summed E-state index contributed by atoms with van der Waals surface area (Å²) < 4.78 is 5.55. The van der Waals surface area contributed by atoms with E-state index >= 15 is 0 Å². The lowest BCUT2D eigenvalue weighted by Crippen LogP contribution is -2.51. The third kappa shape index (κ3) is 2.89. The van der Waals surface area contributed by atoms with Gasteiger partial charge in [0.05, 0.1) is 6.61 Å². The number of nitrogens with zero attached hydrogens (tertiary/aromatic N) is 1. The van der Waals surface area contributed by atoms with Gasteiger partial charge in [-0.25, -0.2) is 0 Å². The average molecular weight is 228 g/mol. The standard InChI is InChI=1S/C11H20N2OS/c12-11(15)10-8-13(6-7-14-10)9-4-2-1-3-5-9/h9-10H,1-8H2,(H2,12,15). The van der Waals surface area contributed by atoms with Crippen LogP contribution in [0.15, 0.2) is 0 Å². The molecular weight excluding hydrogens is 208 g/mol. The first-order chi connectivity index (χ1) is 7.27. The molecule has 4 heteroatoms. The van der Waals surface area contributed by atoms with Crippen LogP contribution >= 0.6 is 12.2 Å². The molecule has 86 valence electrons. The summed E-state index contributed by atoms with van der Waals surface area (Å²) in [5.41, 5.74) is 5.64. The lowest BCUT2D eigenvalue weighted by molar-refractivity contribution is -0.0173. The second-order valence-electron chi connectivity index (χ2n) is 4.55. The SMILES string of the molecule is NC(=S)C1CN(C2CCCCC2)CCO1. The molecule has 0 spiro atoms. The van der Waals surface area contributed by atoms with Crippen LogP contribution in [0.1, 0.15) is 32.1 Å². The van der Waals surface area contributed by atoms with Crippen molar-refractivity contribution in [2.45, 2.75) is 44.2 Å². The summed E-state index contributed by atoms with van der Waals surface area (Å²) in [5, 5.41) is 0. The molecule has 1 atom stereocenters. The Labute approximate surface area is 96.9 Å². The van der Waals surface area contributed by atoms with Crippen LogP contribution in [0.2, 0.25) is 0 Å². The third-order valence-corrected chi connectivity index (χ3v) is 3.77. The molecule has 1 saturated carbocycles. The van der Waals surface area contributed by atoms with Crippen molar-refractivity contribution in [3.05, 3.63) is 0 Å². The van der Waals surface area contributed by atoms with Crippen molar-refractivity contribution in [2.75, 3.05) is 19.7 Å². The normalized spacial score (nSPS) is 30.3. The molecule has 2 N–H and O–H groups in total. The van der Waals surface area contributed by atoms with Gasteiger partial charge < -0.3 is 10.5 Å². The Morgan fingerprint density at radius 3 is 2.67 bits per heavy atom. The van der Waals surface area contributed by atoms with Gasteiger partial charge in [-0.2, -0.15) is 0 Å². The highest BCUT2D eigenvalue weighted by Gasteiger charge is 2.28. The van der Waals surface area contributed by atoms with Crippen molar-refractivity contribution in [2.24, 2.45) is 5.73 Å². The second kappa shape index (κ2) is 5.23. The molecule has 0 bridgehead atoms. The van der Waals surface area contributed by atoms with Gasteiger partial charge in [-0.3, -0.25) is 4.90 Å². The van der Waals surface area contributed by atoms with E-state index in [-0.39, 0.29) is 6.10 Å². The smallest absolute Gasteiger partial charge is 0.120 e. The van der Waals surface area contributed by atoms with Crippen LogP contribution in [-0.4, -0.2) is 41.7 Å². The molecule has 3 nitrogen and oxygen atoms in total. The topological polar surface area (TPSA) is 38.5 Å². The van der Waals surface area contributed by atoms with E-state index in [0.29, 0.717) is 4.99 Å². The molecule has 0 amide bonds. The molecule has 1 heterocycles. The van der Waals surface area contributed by atoms with Crippen LogP contribution in [0.3, 0.4) is 0 Å². The Balaban J connectivity index is 1.88.